The van der Waals surface area contributed by atoms with Crippen LogP contribution in [0.25, 0.3) is 5.57 Å². The van der Waals surface area contributed by atoms with Gasteiger partial charge in [0.05, 0.1) is 0 Å². The van der Waals surface area contributed by atoms with E-state index in [9.17, 15) is 0 Å². The highest BCUT2D eigenvalue weighted by atomic mass is 14.8. The summed E-state index contributed by atoms with van der Waals surface area (Å²) in [5, 5.41) is 3.20. The molecule has 1 heteroatoms. The molecule has 0 heterocycles. The maximum absolute atomic E-state index is 3.20. The number of fused-ring (bicyclic) bond motifs is 1. The molecule has 0 radical (unpaired) electrons. The summed E-state index contributed by atoms with van der Waals surface area (Å²) in [5.41, 5.74) is 5.81. The Morgan fingerprint density at radius 2 is 2.23 bits per heavy atom. The van der Waals surface area contributed by atoms with E-state index in [2.05, 4.69) is 36.5 Å². The first-order valence-electron chi connectivity index (χ1n) is 4.75. The lowest BCUT2D eigenvalue weighted by Gasteiger charge is -2.06. The average Bonchev–Trinajstić information content (AvgIpc) is 2.51. The molecule has 0 aliphatic heterocycles. The monoisotopic (exact) mass is 173 g/mol. The van der Waals surface area contributed by atoms with E-state index >= 15 is 0 Å². The molecule has 1 N–H and O–H groups in total. The third kappa shape index (κ3) is 1.40. The minimum Gasteiger partial charge on any atom is -0.316 e. The van der Waals surface area contributed by atoms with Crippen LogP contribution < -0.4 is 5.32 Å². The van der Waals surface area contributed by atoms with Gasteiger partial charge in [0.15, 0.2) is 0 Å². The van der Waals surface area contributed by atoms with Gasteiger partial charge in [-0.3, -0.25) is 0 Å². The first-order chi connectivity index (χ1) is 6.33. The lowest BCUT2D eigenvalue weighted by atomic mass is 10.0. The van der Waals surface area contributed by atoms with Gasteiger partial charge in [0.2, 0.25) is 0 Å². The highest BCUT2D eigenvalue weighted by molar-refractivity contribution is 5.75. The second-order valence-electron chi connectivity index (χ2n) is 3.56. The number of hydrogen-bond acceptors (Lipinski definition) is 1. The standard InChI is InChI=1S/C12H15N/c1-9-4-3-5-12-10(8-13-2)6-7-11(9)12/h3-6,13H,7-8H2,1-2H3. The van der Waals surface area contributed by atoms with Crippen molar-refractivity contribution in [2.75, 3.05) is 13.6 Å². The van der Waals surface area contributed by atoms with Crippen LogP contribution in [0.1, 0.15) is 16.7 Å². The molecule has 0 unspecified atom stereocenters. The zero-order valence-corrected chi connectivity index (χ0v) is 8.22. The van der Waals surface area contributed by atoms with Crippen LogP contribution in [-0.2, 0) is 6.42 Å². The van der Waals surface area contributed by atoms with Crippen LogP contribution in [0.4, 0.5) is 0 Å². The fourth-order valence-electron chi connectivity index (χ4n) is 1.97. The molecular weight excluding hydrogens is 158 g/mol. The molecule has 1 nitrogen and oxygen atoms in total. The van der Waals surface area contributed by atoms with Gasteiger partial charge in [-0.15, -0.1) is 0 Å². The minimum absolute atomic E-state index is 0.983. The predicted octanol–water partition coefficient (Wildman–Crippen LogP) is 2.15. The Balaban J connectivity index is 2.39. The molecule has 1 aliphatic carbocycles. The van der Waals surface area contributed by atoms with E-state index in [0.717, 1.165) is 13.0 Å². The number of aryl methyl sites for hydroxylation is 1. The number of rotatable bonds is 2. The molecule has 1 aromatic carbocycles. The second kappa shape index (κ2) is 3.35. The Bertz CT molecular complexity index is 350. The third-order valence-electron chi connectivity index (χ3n) is 2.68. The van der Waals surface area contributed by atoms with Crippen molar-refractivity contribution in [1.29, 1.82) is 0 Å². The Morgan fingerprint density at radius 1 is 1.38 bits per heavy atom. The molecule has 0 aromatic heterocycles. The average molecular weight is 173 g/mol. The highest BCUT2D eigenvalue weighted by Gasteiger charge is 2.13. The first kappa shape index (κ1) is 8.52. The molecule has 1 aliphatic rings. The van der Waals surface area contributed by atoms with E-state index in [1.165, 1.54) is 22.3 Å². The van der Waals surface area contributed by atoms with Crippen LogP contribution in [0.15, 0.2) is 24.3 Å². The van der Waals surface area contributed by atoms with E-state index in [4.69, 9.17) is 0 Å². The quantitative estimate of drug-likeness (QED) is 0.722. The van der Waals surface area contributed by atoms with E-state index in [-0.39, 0.29) is 0 Å². The number of allylic oxidation sites excluding steroid dienone is 1. The lowest BCUT2D eigenvalue weighted by molar-refractivity contribution is 0.932. The largest absolute Gasteiger partial charge is 0.316 e. The van der Waals surface area contributed by atoms with Crippen LogP contribution in [0.3, 0.4) is 0 Å². The van der Waals surface area contributed by atoms with Crippen LogP contribution in [0, 0.1) is 6.92 Å². The molecule has 0 spiro atoms. The highest BCUT2D eigenvalue weighted by Crippen LogP contribution is 2.28. The van der Waals surface area contributed by atoms with Crippen molar-refractivity contribution < 1.29 is 0 Å². The number of nitrogens with one attached hydrogen (secondary N) is 1. The van der Waals surface area contributed by atoms with Gasteiger partial charge in [-0.25, -0.2) is 0 Å². The molecule has 0 amide bonds. The molecule has 1 aromatic rings. The molecule has 0 saturated carbocycles. The first-order valence-corrected chi connectivity index (χ1v) is 4.75. The Hall–Kier alpha value is -1.08. The molecule has 0 saturated heterocycles. The summed E-state index contributed by atoms with van der Waals surface area (Å²) in [5.74, 6) is 0. The van der Waals surface area contributed by atoms with Crippen molar-refractivity contribution in [2.24, 2.45) is 0 Å². The second-order valence-corrected chi connectivity index (χ2v) is 3.56. The van der Waals surface area contributed by atoms with Gasteiger partial charge in [0, 0.05) is 6.54 Å². The molecular formula is C12H15N. The minimum atomic E-state index is 0.983. The van der Waals surface area contributed by atoms with Crippen molar-refractivity contribution in [1.82, 2.24) is 5.32 Å². The van der Waals surface area contributed by atoms with Gasteiger partial charge in [-0.2, -0.15) is 0 Å². The lowest BCUT2D eigenvalue weighted by Crippen LogP contribution is -2.08. The van der Waals surface area contributed by atoms with Crippen molar-refractivity contribution in [3.8, 4) is 0 Å². The smallest absolute Gasteiger partial charge is 0.0205 e. The zero-order chi connectivity index (χ0) is 9.26. The van der Waals surface area contributed by atoms with E-state index in [1.54, 1.807) is 0 Å². The zero-order valence-electron chi connectivity index (χ0n) is 8.22. The Labute approximate surface area is 79.5 Å². The summed E-state index contributed by atoms with van der Waals surface area (Å²) in [6.45, 7) is 3.17. The summed E-state index contributed by atoms with van der Waals surface area (Å²) in [6, 6.07) is 6.55. The summed E-state index contributed by atoms with van der Waals surface area (Å²) >= 11 is 0. The van der Waals surface area contributed by atoms with E-state index in [1.807, 2.05) is 7.05 Å². The fourth-order valence-corrected chi connectivity index (χ4v) is 1.97. The van der Waals surface area contributed by atoms with Crippen molar-refractivity contribution >= 4 is 5.57 Å². The normalized spacial score (nSPS) is 14.2. The van der Waals surface area contributed by atoms with Crippen molar-refractivity contribution in [2.45, 2.75) is 13.3 Å². The maximum atomic E-state index is 3.20. The Kier molecular flexibility index (Phi) is 2.19. The van der Waals surface area contributed by atoms with Crippen LogP contribution >= 0.6 is 0 Å². The summed E-state index contributed by atoms with van der Waals surface area (Å²) in [7, 11) is 1.99. The van der Waals surface area contributed by atoms with Gasteiger partial charge in [0.1, 0.15) is 0 Å². The summed E-state index contributed by atoms with van der Waals surface area (Å²) in [4.78, 5) is 0. The molecule has 0 fully saturated rings. The molecule has 13 heavy (non-hydrogen) atoms. The number of hydrogen-bond donors (Lipinski definition) is 1. The number of likely N-dealkylation sites (N-methyl/N-ethyl adjacent to an activating group) is 1. The predicted molar refractivity (Wildman–Crippen MR) is 56.8 cm³/mol. The topological polar surface area (TPSA) is 12.0 Å². The molecule has 0 atom stereocenters. The summed E-state index contributed by atoms with van der Waals surface area (Å²) in [6.07, 6.45) is 3.44. The van der Waals surface area contributed by atoms with Gasteiger partial charge in [-0.05, 0) is 42.7 Å². The van der Waals surface area contributed by atoms with Crippen molar-refractivity contribution in [3.05, 3.63) is 41.0 Å². The molecule has 2 rings (SSSR count). The number of benzene rings is 1. The Morgan fingerprint density at radius 3 is 3.00 bits per heavy atom. The van der Waals surface area contributed by atoms with Crippen LogP contribution in [-0.4, -0.2) is 13.6 Å². The van der Waals surface area contributed by atoms with E-state index < -0.39 is 0 Å². The van der Waals surface area contributed by atoms with Gasteiger partial charge in [0.25, 0.3) is 0 Å². The van der Waals surface area contributed by atoms with Gasteiger partial charge < -0.3 is 5.32 Å². The molecule has 68 valence electrons. The van der Waals surface area contributed by atoms with E-state index in [0.29, 0.717) is 0 Å². The SMILES string of the molecule is CNCC1=CCc2c(C)cccc21. The van der Waals surface area contributed by atoms with Gasteiger partial charge >= 0.3 is 0 Å². The van der Waals surface area contributed by atoms with Crippen molar-refractivity contribution in [3.63, 3.8) is 0 Å². The fraction of sp³-hybridized carbons (Fsp3) is 0.333. The third-order valence-corrected chi connectivity index (χ3v) is 2.68. The summed E-state index contributed by atoms with van der Waals surface area (Å²) < 4.78 is 0. The van der Waals surface area contributed by atoms with Gasteiger partial charge in [-0.1, -0.05) is 24.3 Å². The maximum Gasteiger partial charge on any atom is 0.0205 e. The van der Waals surface area contributed by atoms with Crippen LogP contribution in [0.2, 0.25) is 0 Å². The van der Waals surface area contributed by atoms with Crippen LogP contribution in [0.5, 0.6) is 0 Å². The molecule has 0 bridgehead atoms.